The highest BCUT2D eigenvalue weighted by Crippen LogP contribution is 2.34. The summed E-state index contributed by atoms with van der Waals surface area (Å²) in [5.74, 6) is 0.371. The molecule has 0 N–H and O–H groups in total. The predicted octanol–water partition coefficient (Wildman–Crippen LogP) is 4.84. The van der Waals surface area contributed by atoms with Crippen molar-refractivity contribution < 1.29 is 0 Å². The first-order valence-corrected chi connectivity index (χ1v) is 6.07. The van der Waals surface area contributed by atoms with Gasteiger partial charge in [0.25, 0.3) is 0 Å². The Morgan fingerprint density at radius 1 is 1.15 bits per heavy atom. The van der Waals surface area contributed by atoms with Crippen molar-refractivity contribution >= 4 is 35.0 Å². The predicted molar refractivity (Wildman–Crippen MR) is 62.3 cm³/mol. The minimum atomic E-state index is 0.371. The van der Waals surface area contributed by atoms with Gasteiger partial charge in [-0.1, -0.05) is 37.0 Å². The van der Waals surface area contributed by atoms with Crippen molar-refractivity contribution in [2.75, 3.05) is 6.26 Å². The Hall–Kier alpha value is 0.150. The van der Waals surface area contributed by atoms with Gasteiger partial charge in [0.1, 0.15) is 0 Å². The Morgan fingerprint density at radius 2 is 1.62 bits per heavy atom. The standard InChI is InChI=1S/C10H12Cl2S/c1-6(2)10-8(11)4-7(13-3)5-9(10)12/h4-6H,1-3H3. The van der Waals surface area contributed by atoms with Crippen molar-refractivity contribution in [2.24, 2.45) is 0 Å². The van der Waals surface area contributed by atoms with E-state index in [0.717, 1.165) is 20.5 Å². The summed E-state index contributed by atoms with van der Waals surface area (Å²) >= 11 is 13.9. The topological polar surface area (TPSA) is 0 Å². The lowest BCUT2D eigenvalue weighted by atomic mass is 10.0. The van der Waals surface area contributed by atoms with E-state index in [9.17, 15) is 0 Å². The molecular formula is C10H12Cl2S. The second-order valence-corrected chi connectivity index (χ2v) is 4.85. The summed E-state index contributed by atoms with van der Waals surface area (Å²) < 4.78 is 0. The van der Waals surface area contributed by atoms with Crippen LogP contribution in [-0.2, 0) is 0 Å². The molecular weight excluding hydrogens is 223 g/mol. The van der Waals surface area contributed by atoms with Crippen LogP contribution in [0.25, 0.3) is 0 Å². The van der Waals surface area contributed by atoms with Crippen LogP contribution in [0.2, 0.25) is 10.0 Å². The van der Waals surface area contributed by atoms with Gasteiger partial charge in [0.05, 0.1) is 0 Å². The summed E-state index contributed by atoms with van der Waals surface area (Å²) in [6.45, 7) is 4.18. The molecule has 0 aliphatic heterocycles. The van der Waals surface area contributed by atoms with E-state index >= 15 is 0 Å². The van der Waals surface area contributed by atoms with Gasteiger partial charge in [-0.15, -0.1) is 11.8 Å². The molecule has 0 radical (unpaired) electrons. The number of hydrogen-bond acceptors (Lipinski definition) is 1. The first-order valence-electron chi connectivity index (χ1n) is 4.09. The van der Waals surface area contributed by atoms with Crippen LogP contribution < -0.4 is 0 Å². The van der Waals surface area contributed by atoms with Gasteiger partial charge in [-0.05, 0) is 29.9 Å². The molecule has 0 nitrogen and oxygen atoms in total. The quantitative estimate of drug-likeness (QED) is 0.661. The maximum atomic E-state index is 6.11. The smallest absolute Gasteiger partial charge is 0.0466 e. The van der Waals surface area contributed by atoms with Crippen LogP contribution in [0.5, 0.6) is 0 Å². The van der Waals surface area contributed by atoms with E-state index < -0.39 is 0 Å². The molecule has 0 fully saturated rings. The average Bonchev–Trinajstić information content (AvgIpc) is 2.02. The Morgan fingerprint density at radius 3 is 1.92 bits per heavy atom. The molecule has 0 unspecified atom stereocenters. The lowest BCUT2D eigenvalue weighted by Crippen LogP contribution is -1.91. The molecule has 0 aromatic heterocycles. The van der Waals surface area contributed by atoms with E-state index in [4.69, 9.17) is 23.2 Å². The second kappa shape index (κ2) is 4.59. The molecule has 1 rings (SSSR count). The fraction of sp³-hybridized carbons (Fsp3) is 0.400. The van der Waals surface area contributed by atoms with Crippen LogP contribution >= 0.6 is 35.0 Å². The molecule has 0 atom stereocenters. The van der Waals surface area contributed by atoms with Crippen molar-refractivity contribution in [3.63, 3.8) is 0 Å². The van der Waals surface area contributed by atoms with E-state index in [-0.39, 0.29) is 0 Å². The lowest BCUT2D eigenvalue weighted by Gasteiger charge is -2.11. The summed E-state index contributed by atoms with van der Waals surface area (Å²) in [6, 6.07) is 3.93. The normalized spacial score (nSPS) is 10.9. The van der Waals surface area contributed by atoms with Crippen molar-refractivity contribution in [3.05, 3.63) is 27.7 Å². The van der Waals surface area contributed by atoms with Crippen LogP contribution in [0.15, 0.2) is 17.0 Å². The lowest BCUT2D eigenvalue weighted by molar-refractivity contribution is 0.865. The second-order valence-electron chi connectivity index (χ2n) is 3.16. The largest absolute Gasteiger partial charge is 0.129 e. The van der Waals surface area contributed by atoms with Crippen LogP contribution in [0.3, 0.4) is 0 Å². The molecule has 1 aromatic rings. The highest BCUT2D eigenvalue weighted by Gasteiger charge is 2.10. The third-order valence-electron chi connectivity index (χ3n) is 1.87. The fourth-order valence-electron chi connectivity index (χ4n) is 1.23. The Balaban J connectivity index is 3.23. The molecule has 0 amide bonds. The van der Waals surface area contributed by atoms with Crippen LogP contribution in [0, 0.1) is 0 Å². The Kier molecular flexibility index (Phi) is 3.96. The van der Waals surface area contributed by atoms with Crippen molar-refractivity contribution in [1.82, 2.24) is 0 Å². The maximum Gasteiger partial charge on any atom is 0.0466 e. The first-order chi connectivity index (χ1) is 6.06. The fourth-order valence-corrected chi connectivity index (χ4v) is 2.75. The highest BCUT2D eigenvalue weighted by molar-refractivity contribution is 7.98. The highest BCUT2D eigenvalue weighted by atomic mass is 35.5. The Labute approximate surface area is 93.6 Å². The van der Waals surface area contributed by atoms with E-state index in [0.29, 0.717) is 5.92 Å². The first kappa shape index (κ1) is 11.2. The van der Waals surface area contributed by atoms with Crippen molar-refractivity contribution in [2.45, 2.75) is 24.7 Å². The van der Waals surface area contributed by atoms with Gasteiger partial charge in [0, 0.05) is 14.9 Å². The number of thioether (sulfide) groups is 1. The molecule has 0 saturated heterocycles. The summed E-state index contributed by atoms with van der Waals surface area (Å²) in [5, 5.41) is 1.54. The molecule has 0 aliphatic rings. The number of hydrogen-bond donors (Lipinski definition) is 0. The zero-order chi connectivity index (χ0) is 10.0. The van der Waals surface area contributed by atoms with E-state index in [2.05, 4.69) is 13.8 Å². The van der Waals surface area contributed by atoms with Gasteiger partial charge in [-0.2, -0.15) is 0 Å². The van der Waals surface area contributed by atoms with E-state index in [1.807, 2.05) is 18.4 Å². The maximum absolute atomic E-state index is 6.11. The molecule has 0 saturated carbocycles. The van der Waals surface area contributed by atoms with Gasteiger partial charge in [0.15, 0.2) is 0 Å². The van der Waals surface area contributed by atoms with Gasteiger partial charge in [0.2, 0.25) is 0 Å². The molecule has 13 heavy (non-hydrogen) atoms. The molecule has 0 aliphatic carbocycles. The van der Waals surface area contributed by atoms with Crippen molar-refractivity contribution in [1.29, 1.82) is 0 Å². The van der Waals surface area contributed by atoms with Gasteiger partial charge in [-0.3, -0.25) is 0 Å². The minimum absolute atomic E-state index is 0.371. The molecule has 1 aromatic carbocycles. The van der Waals surface area contributed by atoms with Crippen molar-refractivity contribution in [3.8, 4) is 0 Å². The molecule has 0 bridgehead atoms. The third-order valence-corrected chi connectivity index (χ3v) is 3.20. The van der Waals surface area contributed by atoms with E-state index in [1.54, 1.807) is 11.8 Å². The molecule has 72 valence electrons. The van der Waals surface area contributed by atoms with Gasteiger partial charge < -0.3 is 0 Å². The number of rotatable bonds is 2. The number of benzene rings is 1. The summed E-state index contributed by atoms with van der Waals surface area (Å²) in [4.78, 5) is 1.11. The number of halogens is 2. The average molecular weight is 235 g/mol. The van der Waals surface area contributed by atoms with E-state index in [1.165, 1.54) is 0 Å². The van der Waals surface area contributed by atoms with Gasteiger partial charge in [-0.25, -0.2) is 0 Å². The summed E-state index contributed by atoms with van der Waals surface area (Å²) in [6.07, 6.45) is 2.01. The zero-order valence-electron chi connectivity index (χ0n) is 7.90. The van der Waals surface area contributed by atoms with Crippen LogP contribution in [0.1, 0.15) is 25.3 Å². The molecule has 0 heterocycles. The third kappa shape index (κ3) is 2.55. The summed E-state index contributed by atoms with van der Waals surface area (Å²) in [5.41, 5.74) is 1.04. The molecule has 3 heteroatoms. The monoisotopic (exact) mass is 234 g/mol. The zero-order valence-corrected chi connectivity index (χ0v) is 10.2. The summed E-state index contributed by atoms with van der Waals surface area (Å²) in [7, 11) is 0. The van der Waals surface area contributed by atoms with Crippen LogP contribution in [0.4, 0.5) is 0 Å². The van der Waals surface area contributed by atoms with Gasteiger partial charge >= 0.3 is 0 Å². The molecule has 0 spiro atoms. The Bertz CT molecular complexity index is 285. The minimum Gasteiger partial charge on any atom is -0.129 e. The van der Waals surface area contributed by atoms with Crippen LogP contribution in [-0.4, -0.2) is 6.26 Å². The SMILES string of the molecule is CSc1cc(Cl)c(C(C)C)c(Cl)c1.